The molecule has 2 heterocycles. The highest BCUT2D eigenvalue weighted by atomic mass is 16.2. The Balaban J connectivity index is 1.74. The van der Waals surface area contributed by atoms with Crippen LogP contribution in [-0.2, 0) is 4.79 Å². The molecular weight excluding hydrogens is 236 g/mol. The van der Waals surface area contributed by atoms with Gasteiger partial charge in [0.15, 0.2) is 0 Å². The molecule has 0 aromatic carbocycles. The van der Waals surface area contributed by atoms with Crippen LogP contribution in [0, 0.1) is 5.41 Å². The summed E-state index contributed by atoms with van der Waals surface area (Å²) in [7, 11) is 0. The van der Waals surface area contributed by atoms with Crippen molar-refractivity contribution in [1.82, 2.24) is 10.2 Å². The van der Waals surface area contributed by atoms with Crippen LogP contribution in [0.1, 0.15) is 65.2 Å². The van der Waals surface area contributed by atoms with Crippen molar-refractivity contribution in [2.24, 2.45) is 5.41 Å². The Bertz CT molecular complexity index is 293. The van der Waals surface area contributed by atoms with E-state index >= 15 is 0 Å². The third-order valence-corrected chi connectivity index (χ3v) is 5.41. The van der Waals surface area contributed by atoms with Crippen molar-refractivity contribution in [1.29, 1.82) is 0 Å². The monoisotopic (exact) mass is 266 g/mol. The second-order valence-corrected chi connectivity index (χ2v) is 6.46. The summed E-state index contributed by atoms with van der Waals surface area (Å²) >= 11 is 0. The number of nitrogens with one attached hydrogen (secondary N) is 1. The fourth-order valence-corrected chi connectivity index (χ4v) is 3.60. The topological polar surface area (TPSA) is 32.3 Å². The average molecular weight is 266 g/mol. The van der Waals surface area contributed by atoms with Crippen molar-refractivity contribution in [3.63, 3.8) is 0 Å². The number of rotatable bonds is 5. The van der Waals surface area contributed by atoms with Gasteiger partial charge in [0.2, 0.25) is 5.91 Å². The summed E-state index contributed by atoms with van der Waals surface area (Å²) < 4.78 is 0. The lowest BCUT2D eigenvalue weighted by atomic mass is 9.82. The summed E-state index contributed by atoms with van der Waals surface area (Å²) in [5.74, 6) is 0.385. The molecule has 1 amide bonds. The van der Waals surface area contributed by atoms with Crippen LogP contribution >= 0.6 is 0 Å². The Morgan fingerprint density at radius 1 is 1.32 bits per heavy atom. The highest BCUT2D eigenvalue weighted by Crippen LogP contribution is 2.37. The van der Waals surface area contributed by atoms with E-state index in [9.17, 15) is 4.79 Å². The Kier molecular flexibility index (Phi) is 5.26. The number of hydrogen-bond donors (Lipinski definition) is 1. The van der Waals surface area contributed by atoms with Crippen molar-refractivity contribution in [2.75, 3.05) is 19.6 Å². The molecule has 110 valence electrons. The summed E-state index contributed by atoms with van der Waals surface area (Å²) in [6, 6.07) is 0.586. The molecule has 0 aliphatic carbocycles. The molecule has 0 aromatic rings. The lowest BCUT2D eigenvalue weighted by Crippen LogP contribution is -2.36. The number of piperidine rings is 1. The van der Waals surface area contributed by atoms with Crippen molar-refractivity contribution >= 4 is 5.91 Å². The summed E-state index contributed by atoms with van der Waals surface area (Å²) in [5.41, 5.74) is 0.415. The number of hydrogen-bond acceptors (Lipinski definition) is 2. The van der Waals surface area contributed by atoms with E-state index in [1.165, 1.54) is 38.5 Å². The molecule has 2 rings (SSSR count). The zero-order valence-electron chi connectivity index (χ0n) is 12.7. The zero-order chi connectivity index (χ0) is 13.7. The molecule has 3 nitrogen and oxygen atoms in total. The molecule has 2 saturated heterocycles. The molecule has 2 aliphatic heterocycles. The normalized spacial score (nSPS) is 26.6. The molecular formula is C16H30N2O. The molecule has 0 bridgehead atoms. The maximum absolute atomic E-state index is 12.3. The first-order chi connectivity index (χ1) is 9.19. The van der Waals surface area contributed by atoms with Crippen LogP contribution in [-0.4, -0.2) is 36.5 Å². The van der Waals surface area contributed by atoms with Gasteiger partial charge in [-0.3, -0.25) is 4.79 Å². The minimum Gasteiger partial charge on any atom is -0.342 e. The Hall–Kier alpha value is -0.570. The van der Waals surface area contributed by atoms with Gasteiger partial charge in [0.1, 0.15) is 0 Å². The summed E-state index contributed by atoms with van der Waals surface area (Å²) in [6.07, 6.45) is 9.25. The van der Waals surface area contributed by atoms with Gasteiger partial charge in [-0.15, -0.1) is 0 Å². The molecule has 2 fully saturated rings. The third kappa shape index (κ3) is 3.71. The maximum atomic E-state index is 12.3. The largest absolute Gasteiger partial charge is 0.342 e. The van der Waals surface area contributed by atoms with E-state index in [-0.39, 0.29) is 0 Å². The fraction of sp³-hybridized carbons (Fsp3) is 0.938. The molecule has 1 atom stereocenters. The van der Waals surface area contributed by atoms with Crippen LogP contribution in [0.3, 0.4) is 0 Å². The van der Waals surface area contributed by atoms with E-state index in [0.717, 1.165) is 32.5 Å². The average Bonchev–Trinajstić information content (AvgIpc) is 2.91. The Labute approximate surface area is 118 Å². The van der Waals surface area contributed by atoms with Crippen LogP contribution in [0.25, 0.3) is 0 Å². The van der Waals surface area contributed by atoms with Crippen LogP contribution < -0.4 is 5.32 Å². The Morgan fingerprint density at radius 3 is 2.68 bits per heavy atom. The van der Waals surface area contributed by atoms with Gasteiger partial charge in [0.05, 0.1) is 0 Å². The predicted octanol–water partition coefficient (Wildman–Crippen LogP) is 2.95. The highest BCUT2D eigenvalue weighted by Gasteiger charge is 2.36. The molecule has 19 heavy (non-hydrogen) atoms. The first kappa shape index (κ1) is 14.8. The SMILES string of the molecule is CCC1(CC)CCN(C(=O)CCC2CCCCN2)C1. The lowest BCUT2D eigenvalue weighted by molar-refractivity contribution is -0.130. The number of nitrogens with zero attached hydrogens (tertiary/aromatic N) is 1. The van der Waals surface area contributed by atoms with Gasteiger partial charge in [-0.25, -0.2) is 0 Å². The number of amides is 1. The van der Waals surface area contributed by atoms with Crippen LogP contribution in [0.15, 0.2) is 0 Å². The van der Waals surface area contributed by atoms with Crippen molar-refractivity contribution in [3.05, 3.63) is 0 Å². The molecule has 1 N–H and O–H groups in total. The standard InChI is InChI=1S/C16H30N2O/c1-3-16(4-2)10-12-18(13-16)15(19)9-8-14-7-5-6-11-17-14/h14,17H,3-13H2,1-2H3. The predicted molar refractivity (Wildman–Crippen MR) is 79.1 cm³/mol. The van der Waals surface area contributed by atoms with Gasteiger partial charge in [0.25, 0.3) is 0 Å². The Morgan fingerprint density at radius 2 is 2.11 bits per heavy atom. The van der Waals surface area contributed by atoms with Crippen LogP contribution in [0.2, 0.25) is 0 Å². The van der Waals surface area contributed by atoms with Crippen LogP contribution in [0.4, 0.5) is 0 Å². The minimum atomic E-state index is 0.385. The number of carbonyl (C=O) groups is 1. The van der Waals surface area contributed by atoms with Crippen molar-refractivity contribution < 1.29 is 4.79 Å². The molecule has 0 saturated carbocycles. The minimum absolute atomic E-state index is 0.385. The molecule has 3 heteroatoms. The van der Waals surface area contributed by atoms with Gasteiger partial charge in [0, 0.05) is 25.6 Å². The van der Waals surface area contributed by atoms with Crippen LogP contribution in [0.5, 0.6) is 0 Å². The van der Waals surface area contributed by atoms with Gasteiger partial charge >= 0.3 is 0 Å². The molecule has 0 radical (unpaired) electrons. The molecule has 2 aliphatic rings. The lowest BCUT2D eigenvalue weighted by Gasteiger charge is -2.27. The van der Waals surface area contributed by atoms with Gasteiger partial charge in [-0.2, -0.15) is 0 Å². The summed E-state index contributed by atoms with van der Waals surface area (Å²) in [6.45, 7) is 7.65. The fourth-order valence-electron chi connectivity index (χ4n) is 3.60. The molecule has 0 aromatic heterocycles. The van der Waals surface area contributed by atoms with Gasteiger partial charge < -0.3 is 10.2 Å². The quantitative estimate of drug-likeness (QED) is 0.830. The highest BCUT2D eigenvalue weighted by molar-refractivity contribution is 5.76. The maximum Gasteiger partial charge on any atom is 0.222 e. The van der Waals surface area contributed by atoms with Crippen molar-refractivity contribution in [2.45, 2.75) is 71.3 Å². The smallest absolute Gasteiger partial charge is 0.222 e. The molecule has 0 spiro atoms. The van der Waals surface area contributed by atoms with E-state index in [2.05, 4.69) is 24.1 Å². The number of carbonyl (C=O) groups excluding carboxylic acids is 1. The van der Waals surface area contributed by atoms with Crippen molar-refractivity contribution in [3.8, 4) is 0 Å². The summed E-state index contributed by atoms with van der Waals surface area (Å²) in [4.78, 5) is 14.4. The third-order valence-electron chi connectivity index (χ3n) is 5.41. The zero-order valence-corrected chi connectivity index (χ0v) is 12.7. The van der Waals surface area contributed by atoms with E-state index in [4.69, 9.17) is 0 Å². The van der Waals surface area contributed by atoms with E-state index in [0.29, 0.717) is 17.4 Å². The van der Waals surface area contributed by atoms with E-state index in [1.807, 2.05) is 0 Å². The second kappa shape index (κ2) is 6.74. The number of likely N-dealkylation sites (tertiary alicyclic amines) is 1. The summed E-state index contributed by atoms with van der Waals surface area (Å²) in [5, 5.41) is 3.53. The molecule has 1 unspecified atom stereocenters. The van der Waals surface area contributed by atoms with Gasteiger partial charge in [-0.1, -0.05) is 20.3 Å². The van der Waals surface area contributed by atoms with Gasteiger partial charge in [-0.05, 0) is 50.5 Å². The van der Waals surface area contributed by atoms with E-state index < -0.39 is 0 Å². The first-order valence-corrected chi connectivity index (χ1v) is 8.20. The van der Waals surface area contributed by atoms with E-state index in [1.54, 1.807) is 0 Å². The first-order valence-electron chi connectivity index (χ1n) is 8.20. The second-order valence-electron chi connectivity index (χ2n) is 6.46.